The predicted molar refractivity (Wildman–Crippen MR) is 92.0 cm³/mol. The summed E-state index contributed by atoms with van der Waals surface area (Å²) in [4.78, 5) is 37.3. The molecular formula is C19H19NO5. The van der Waals surface area contributed by atoms with Gasteiger partial charge in [-0.25, -0.2) is 4.79 Å². The molecule has 1 unspecified atom stereocenters. The van der Waals surface area contributed by atoms with Crippen LogP contribution in [0.15, 0.2) is 60.7 Å². The highest BCUT2D eigenvalue weighted by atomic mass is 16.5. The number of carbonyl (C=O) groups is 3. The standard InChI is InChI=1S/C19H19NO5/c1-2-25-19(24)18(23)20(15-11-7-4-8-12-15)16(13-17(21)22)14-9-5-3-6-10-14/h3-12,16H,2,13H2,1H3,(H,21,22). The van der Waals surface area contributed by atoms with Gasteiger partial charge in [0.05, 0.1) is 19.1 Å². The number of anilines is 1. The van der Waals surface area contributed by atoms with Crippen molar-refractivity contribution in [1.29, 1.82) is 0 Å². The van der Waals surface area contributed by atoms with Crippen LogP contribution in [0, 0.1) is 0 Å². The Morgan fingerprint density at radius 2 is 1.56 bits per heavy atom. The first-order valence-electron chi connectivity index (χ1n) is 7.86. The molecule has 2 rings (SSSR count). The molecular weight excluding hydrogens is 322 g/mol. The molecule has 6 heteroatoms. The largest absolute Gasteiger partial charge is 0.481 e. The Labute approximate surface area is 145 Å². The maximum absolute atomic E-state index is 12.7. The van der Waals surface area contributed by atoms with Crippen LogP contribution in [0.5, 0.6) is 0 Å². The summed E-state index contributed by atoms with van der Waals surface area (Å²) in [6.07, 6.45) is -0.343. The maximum atomic E-state index is 12.7. The maximum Gasteiger partial charge on any atom is 0.397 e. The third-order valence-electron chi connectivity index (χ3n) is 3.57. The Balaban J connectivity index is 2.51. The molecule has 1 amide bonds. The zero-order chi connectivity index (χ0) is 18.2. The molecule has 2 aromatic rings. The Morgan fingerprint density at radius 1 is 1.00 bits per heavy atom. The van der Waals surface area contributed by atoms with Gasteiger partial charge in [0.2, 0.25) is 0 Å². The molecule has 1 atom stereocenters. The van der Waals surface area contributed by atoms with Crippen molar-refractivity contribution in [2.75, 3.05) is 11.5 Å². The summed E-state index contributed by atoms with van der Waals surface area (Å²) in [5.41, 5.74) is 1.04. The number of rotatable bonds is 6. The van der Waals surface area contributed by atoms with Crippen molar-refractivity contribution in [1.82, 2.24) is 0 Å². The SMILES string of the molecule is CCOC(=O)C(=O)N(c1ccccc1)C(CC(=O)O)c1ccccc1. The Hall–Kier alpha value is -3.15. The normalized spacial score (nSPS) is 11.4. The van der Waals surface area contributed by atoms with Crippen molar-refractivity contribution in [3.05, 3.63) is 66.2 Å². The van der Waals surface area contributed by atoms with Crippen molar-refractivity contribution < 1.29 is 24.2 Å². The van der Waals surface area contributed by atoms with Gasteiger partial charge in [0.1, 0.15) is 0 Å². The number of amides is 1. The summed E-state index contributed by atoms with van der Waals surface area (Å²) in [7, 11) is 0. The van der Waals surface area contributed by atoms with Crippen LogP contribution >= 0.6 is 0 Å². The van der Waals surface area contributed by atoms with Crippen molar-refractivity contribution in [3.8, 4) is 0 Å². The second-order valence-electron chi connectivity index (χ2n) is 5.26. The predicted octanol–water partition coefficient (Wildman–Crippen LogP) is 2.80. The minimum atomic E-state index is -1.08. The van der Waals surface area contributed by atoms with Gasteiger partial charge in [-0.1, -0.05) is 48.5 Å². The molecule has 130 valence electrons. The summed E-state index contributed by atoms with van der Waals surface area (Å²) < 4.78 is 4.82. The number of para-hydroxylation sites is 1. The summed E-state index contributed by atoms with van der Waals surface area (Å²) in [6, 6.07) is 16.4. The van der Waals surface area contributed by atoms with Crippen molar-refractivity contribution in [3.63, 3.8) is 0 Å². The van der Waals surface area contributed by atoms with E-state index < -0.39 is 23.9 Å². The molecule has 0 fully saturated rings. The third-order valence-corrected chi connectivity index (χ3v) is 3.57. The third kappa shape index (κ3) is 4.67. The van der Waals surface area contributed by atoms with E-state index in [4.69, 9.17) is 4.74 Å². The fraction of sp³-hybridized carbons (Fsp3) is 0.211. The van der Waals surface area contributed by atoms with Crippen molar-refractivity contribution in [2.24, 2.45) is 0 Å². The number of aliphatic carboxylic acids is 1. The van der Waals surface area contributed by atoms with Crippen LogP contribution in [0.2, 0.25) is 0 Å². The molecule has 6 nitrogen and oxygen atoms in total. The van der Waals surface area contributed by atoms with Gasteiger partial charge in [-0.2, -0.15) is 0 Å². The van der Waals surface area contributed by atoms with Crippen LogP contribution < -0.4 is 4.90 Å². The van der Waals surface area contributed by atoms with Crippen LogP contribution in [0.3, 0.4) is 0 Å². The number of nitrogens with zero attached hydrogens (tertiary/aromatic N) is 1. The van der Waals surface area contributed by atoms with Gasteiger partial charge in [-0.05, 0) is 24.6 Å². The van der Waals surface area contributed by atoms with Crippen LogP contribution in [0.25, 0.3) is 0 Å². The number of hydrogen-bond acceptors (Lipinski definition) is 4. The van der Waals surface area contributed by atoms with Gasteiger partial charge in [-0.15, -0.1) is 0 Å². The molecule has 1 N–H and O–H groups in total. The number of carboxylic acids is 1. The first-order valence-corrected chi connectivity index (χ1v) is 7.86. The number of carboxylic acid groups (broad SMARTS) is 1. The highest BCUT2D eigenvalue weighted by Gasteiger charge is 2.33. The molecule has 0 aliphatic carbocycles. The number of ether oxygens (including phenoxy) is 1. The molecule has 0 aliphatic heterocycles. The van der Waals surface area contributed by atoms with Crippen LogP contribution in [-0.4, -0.2) is 29.6 Å². The van der Waals surface area contributed by atoms with E-state index in [0.717, 1.165) is 0 Å². The molecule has 0 aromatic heterocycles. The molecule has 0 bridgehead atoms. The summed E-state index contributed by atoms with van der Waals surface area (Å²) in [6.45, 7) is 1.66. The lowest BCUT2D eigenvalue weighted by atomic mass is 10.0. The van der Waals surface area contributed by atoms with Crippen molar-refractivity contribution >= 4 is 23.5 Å². The van der Waals surface area contributed by atoms with Crippen molar-refractivity contribution in [2.45, 2.75) is 19.4 Å². The molecule has 0 spiro atoms. The Morgan fingerprint density at radius 3 is 2.08 bits per heavy atom. The molecule has 2 aromatic carbocycles. The van der Waals surface area contributed by atoms with E-state index in [1.54, 1.807) is 67.6 Å². The van der Waals surface area contributed by atoms with Gasteiger partial charge in [0, 0.05) is 5.69 Å². The first-order chi connectivity index (χ1) is 12.0. The number of benzene rings is 2. The van der Waals surface area contributed by atoms with Crippen LogP contribution in [0.4, 0.5) is 5.69 Å². The lowest BCUT2D eigenvalue weighted by Gasteiger charge is -2.30. The van der Waals surface area contributed by atoms with Gasteiger partial charge in [-0.3, -0.25) is 14.5 Å². The zero-order valence-electron chi connectivity index (χ0n) is 13.8. The number of carbonyl (C=O) groups excluding carboxylic acids is 2. The summed E-state index contributed by atoms with van der Waals surface area (Å²) in [5.74, 6) is -2.99. The fourth-order valence-corrected chi connectivity index (χ4v) is 2.52. The number of hydrogen-bond donors (Lipinski definition) is 1. The first kappa shape index (κ1) is 18.2. The fourth-order valence-electron chi connectivity index (χ4n) is 2.52. The van der Waals surface area contributed by atoms with E-state index in [1.165, 1.54) is 4.90 Å². The van der Waals surface area contributed by atoms with E-state index in [2.05, 4.69) is 0 Å². The minimum Gasteiger partial charge on any atom is -0.481 e. The Kier molecular flexibility index (Phi) is 6.28. The van der Waals surface area contributed by atoms with Crippen LogP contribution in [-0.2, 0) is 19.1 Å². The molecule has 0 aliphatic rings. The van der Waals surface area contributed by atoms with E-state index in [-0.39, 0.29) is 13.0 Å². The van der Waals surface area contributed by atoms with E-state index >= 15 is 0 Å². The van der Waals surface area contributed by atoms with E-state index in [0.29, 0.717) is 11.3 Å². The highest BCUT2D eigenvalue weighted by molar-refractivity contribution is 6.38. The second-order valence-corrected chi connectivity index (χ2v) is 5.26. The molecule has 0 saturated carbocycles. The average Bonchev–Trinajstić information content (AvgIpc) is 2.62. The molecule has 0 heterocycles. The quantitative estimate of drug-likeness (QED) is 0.645. The monoisotopic (exact) mass is 341 g/mol. The van der Waals surface area contributed by atoms with Gasteiger partial charge >= 0.3 is 17.8 Å². The molecule has 25 heavy (non-hydrogen) atoms. The van der Waals surface area contributed by atoms with E-state index in [9.17, 15) is 19.5 Å². The topological polar surface area (TPSA) is 83.9 Å². The zero-order valence-corrected chi connectivity index (χ0v) is 13.8. The highest BCUT2D eigenvalue weighted by Crippen LogP contribution is 2.30. The summed E-state index contributed by atoms with van der Waals surface area (Å²) in [5, 5.41) is 9.31. The van der Waals surface area contributed by atoms with Gasteiger partial charge in [0.15, 0.2) is 0 Å². The van der Waals surface area contributed by atoms with Gasteiger partial charge in [0.25, 0.3) is 0 Å². The van der Waals surface area contributed by atoms with Gasteiger partial charge < -0.3 is 9.84 Å². The molecule has 0 radical (unpaired) electrons. The smallest absolute Gasteiger partial charge is 0.397 e. The van der Waals surface area contributed by atoms with Crippen LogP contribution in [0.1, 0.15) is 24.9 Å². The lowest BCUT2D eigenvalue weighted by Crippen LogP contribution is -2.41. The second kappa shape index (κ2) is 8.63. The average molecular weight is 341 g/mol. The lowest BCUT2D eigenvalue weighted by molar-refractivity contribution is -0.153. The number of esters is 1. The van der Waals surface area contributed by atoms with E-state index in [1.807, 2.05) is 0 Å². The molecule has 0 saturated heterocycles. The minimum absolute atomic E-state index is 0.0577. The summed E-state index contributed by atoms with van der Waals surface area (Å²) >= 11 is 0. The Bertz CT molecular complexity index is 730.